The third-order valence-electron chi connectivity index (χ3n) is 2.50. The summed E-state index contributed by atoms with van der Waals surface area (Å²) in [6.45, 7) is 1.62. The molecular formula is C13H8F4O2. The lowest BCUT2D eigenvalue weighted by molar-refractivity contribution is -0.140. The number of halogens is 4. The van der Waals surface area contributed by atoms with Crippen LogP contribution in [0.5, 0.6) is 0 Å². The fraction of sp³-hybridized carbons (Fsp3) is 0.154. The maximum Gasteiger partial charge on any atom is 0.419 e. The molecule has 19 heavy (non-hydrogen) atoms. The summed E-state index contributed by atoms with van der Waals surface area (Å²) in [5, 5.41) is 0. The first-order valence-electron chi connectivity index (χ1n) is 5.27. The van der Waals surface area contributed by atoms with Gasteiger partial charge < -0.3 is 4.42 Å². The highest BCUT2D eigenvalue weighted by Crippen LogP contribution is 2.31. The van der Waals surface area contributed by atoms with Gasteiger partial charge in [-0.05, 0) is 31.2 Å². The van der Waals surface area contributed by atoms with E-state index in [2.05, 4.69) is 0 Å². The predicted octanol–water partition coefficient (Wildman–Crippen LogP) is 3.98. The second-order valence-electron chi connectivity index (χ2n) is 3.93. The lowest BCUT2D eigenvalue weighted by Gasteiger charge is -2.08. The molecule has 0 aliphatic rings. The van der Waals surface area contributed by atoms with Crippen LogP contribution in [0.4, 0.5) is 17.6 Å². The zero-order chi connectivity index (χ0) is 14.2. The van der Waals surface area contributed by atoms with E-state index in [1.165, 1.54) is 12.1 Å². The molecule has 2 rings (SSSR count). The molecule has 0 radical (unpaired) electrons. The number of carbonyl (C=O) groups is 1. The maximum atomic E-state index is 13.3. The third kappa shape index (κ3) is 2.67. The lowest BCUT2D eigenvalue weighted by Crippen LogP contribution is -2.09. The molecule has 1 aromatic carbocycles. The van der Waals surface area contributed by atoms with E-state index in [0.29, 0.717) is 17.9 Å². The summed E-state index contributed by atoms with van der Waals surface area (Å²) in [5.74, 6) is -1.71. The van der Waals surface area contributed by atoms with Gasteiger partial charge in [0.05, 0.1) is 5.56 Å². The zero-order valence-electron chi connectivity index (χ0n) is 9.72. The van der Waals surface area contributed by atoms with E-state index in [1.54, 1.807) is 6.92 Å². The Balaban J connectivity index is 2.38. The summed E-state index contributed by atoms with van der Waals surface area (Å²) in [5.41, 5.74) is -1.60. The van der Waals surface area contributed by atoms with Crippen molar-refractivity contribution in [2.75, 3.05) is 0 Å². The van der Waals surface area contributed by atoms with E-state index in [1.807, 2.05) is 0 Å². The van der Waals surface area contributed by atoms with Crippen molar-refractivity contribution in [1.29, 1.82) is 0 Å². The van der Waals surface area contributed by atoms with Gasteiger partial charge in [-0.1, -0.05) is 6.07 Å². The standard InChI is InChI=1S/C13H8F4O2/c1-7-2-5-11(19-7)12(18)8-3-4-9(10(14)6-8)13(15,16)17/h2-6H,1H3. The lowest BCUT2D eigenvalue weighted by atomic mass is 10.1. The zero-order valence-corrected chi connectivity index (χ0v) is 9.72. The molecule has 0 aliphatic heterocycles. The largest absolute Gasteiger partial charge is 0.458 e. The first-order valence-corrected chi connectivity index (χ1v) is 5.27. The molecule has 2 nitrogen and oxygen atoms in total. The molecule has 100 valence electrons. The van der Waals surface area contributed by atoms with Crippen molar-refractivity contribution in [1.82, 2.24) is 0 Å². The van der Waals surface area contributed by atoms with Gasteiger partial charge in [0.25, 0.3) is 0 Å². The number of carbonyl (C=O) groups excluding carboxylic acids is 1. The summed E-state index contributed by atoms with van der Waals surface area (Å²) in [6.07, 6.45) is -4.78. The molecular weight excluding hydrogens is 264 g/mol. The first kappa shape index (κ1) is 13.3. The van der Waals surface area contributed by atoms with Crippen molar-refractivity contribution in [2.45, 2.75) is 13.1 Å². The number of hydrogen-bond acceptors (Lipinski definition) is 2. The van der Waals surface area contributed by atoms with E-state index < -0.39 is 23.3 Å². The van der Waals surface area contributed by atoms with E-state index in [9.17, 15) is 22.4 Å². The minimum atomic E-state index is -4.78. The van der Waals surface area contributed by atoms with E-state index >= 15 is 0 Å². The topological polar surface area (TPSA) is 30.2 Å². The van der Waals surface area contributed by atoms with E-state index in [4.69, 9.17) is 4.42 Å². The summed E-state index contributed by atoms with van der Waals surface area (Å²) < 4.78 is 55.5. The van der Waals surface area contributed by atoms with Crippen molar-refractivity contribution in [3.05, 3.63) is 58.8 Å². The van der Waals surface area contributed by atoms with Gasteiger partial charge in [-0.3, -0.25) is 4.79 Å². The Morgan fingerprint density at radius 3 is 2.32 bits per heavy atom. The number of benzene rings is 1. The second kappa shape index (κ2) is 4.53. The van der Waals surface area contributed by atoms with Crippen LogP contribution in [0.25, 0.3) is 0 Å². The van der Waals surface area contributed by atoms with Crippen molar-refractivity contribution in [2.24, 2.45) is 0 Å². The van der Waals surface area contributed by atoms with Crippen molar-refractivity contribution >= 4 is 5.78 Å². The molecule has 1 heterocycles. The molecule has 0 amide bonds. The van der Waals surface area contributed by atoms with Gasteiger partial charge in [0.15, 0.2) is 5.76 Å². The number of furan rings is 1. The van der Waals surface area contributed by atoms with Gasteiger partial charge in [-0.2, -0.15) is 13.2 Å². The van der Waals surface area contributed by atoms with E-state index in [0.717, 1.165) is 6.07 Å². The Bertz CT molecular complexity index is 626. The Kier molecular flexibility index (Phi) is 3.18. The number of hydrogen-bond donors (Lipinski definition) is 0. The quantitative estimate of drug-likeness (QED) is 0.611. The highest BCUT2D eigenvalue weighted by atomic mass is 19.4. The van der Waals surface area contributed by atoms with Gasteiger partial charge in [-0.15, -0.1) is 0 Å². The molecule has 1 aromatic heterocycles. The fourth-order valence-corrected chi connectivity index (χ4v) is 1.59. The highest BCUT2D eigenvalue weighted by molar-refractivity contribution is 6.07. The SMILES string of the molecule is Cc1ccc(C(=O)c2ccc(C(F)(F)F)c(F)c2)o1. The van der Waals surface area contributed by atoms with Gasteiger partial charge >= 0.3 is 6.18 Å². The van der Waals surface area contributed by atoms with Crippen LogP contribution in [0.2, 0.25) is 0 Å². The second-order valence-corrected chi connectivity index (χ2v) is 3.93. The van der Waals surface area contributed by atoms with Crippen LogP contribution in [0.15, 0.2) is 34.7 Å². The Morgan fingerprint density at radius 2 is 1.84 bits per heavy atom. The molecule has 0 N–H and O–H groups in total. The van der Waals surface area contributed by atoms with Crippen LogP contribution in [0.3, 0.4) is 0 Å². The predicted molar refractivity (Wildman–Crippen MR) is 58.3 cm³/mol. The van der Waals surface area contributed by atoms with Crippen LogP contribution in [0.1, 0.15) is 27.4 Å². The van der Waals surface area contributed by atoms with Gasteiger partial charge in [-0.25, -0.2) is 4.39 Å². The molecule has 0 atom stereocenters. The van der Waals surface area contributed by atoms with Gasteiger partial charge in [0.1, 0.15) is 11.6 Å². The summed E-state index contributed by atoms with van der Waals surface area (Å²) in [6, 6.07) is 4.94. The van der Waals surface area contributed by atoms with Crippen molar-refractivity contribution < 1.29 is 26.8 Å². The molecule has 0 spiro atoms. The molecule has 0 saturated heterocycles. The van der Waals surface area contributed by atoms with Crippen LogP contribution in [0, 0.1) is 12.7 Å². The van der Waals surface area contributed by atoms with Gasteiger partial charge in [0.2, 0.25) is 5.78 Å². The molecule has 6 heteroatoms. The van der Waals surface area contributed by atoms with Crippen molar-refractivity contribution in [3.63, 3.8) is 0 Å². The Hall–Kier alpha value is -2.11. The van der Waals surface area contributed by atoms with Crippen molar-refractivity contribution in [3.8, 4) is 0 Å². The van der Waals surface area contributed by atoms with Gasteiger partial charge in [0, 0.05) is 5.56 Å². The molecule has 0 aliphatic carbocycles. The van der Waals surface area contributed by atoms with Crippen LogP contribution in [-0.4, -0.2) is 5.78 Å². The maximum absolute atomic E-state index is 13.3. The number of alkyl halides is 3. The Labute approximate surface area is 105 Å². The number of aryl methyl sites for hydroxylation is 1. The van der Waals surface area contributed by atoms with E-state index in [-0.39, 0.29) is 11.3 Å². The monoisotopic (exact) mass is 272 g/mol. The average Bonchev–Trinajstić information content (AvgIpc) is 2.73. The molecule has 2 aromatic rings. The molecule has 0 bridgehead atoms. The summed E-state index contributed by atoms with van der Waals surface area (Å²) >= 11 is 0. The van der Waals surface area contributed by atoms with Crippen LogP contribution in [-0.2, 0) is 6.18 Å². The number of ketones is 1. The normalized spacial score (nSPS) is 11.6. The van der Waals surface area contributed by atoms with Crippen LogP contribution < -0.4 is 0 Å². The summed E-state index contributed by atoms with van der Waals surface area (Å²) in [7, 11) is 0. The Morgan fingerprint density at radius 1 is 1.16 bits per heavy atom. The molecule has 0 fully saturated rings. The number of rotatable bonds is 2. The fourth-order valence-electron chi connectivity index (χ4n) is 1.59. The minimum absolute atomic E-state index is 0.0448. The smallest absolute Gasteiger partial charge is 0.419 e. The molecule has 0 saturated carbocycles. The third-order valence-corrected chi connectivity index (χ3v) is 2.50. The minimum Gasteiger partial charge on any atom is -0.458 e. The highest BCUT2D eigenvalue weighted by Gasteiger charge is 2.34. The van der Waals surface area contributed by atoms with Crippen LogP contribution >= 0.6 is 0 Å². The first-order chi connectivity index (χ1) is 8.79. The average molecular weight is 272 g/mol. The summed E-state index contributed by atoms with van der Waals surface area (Å²) in [4.78, 5) is 11.8. The molecule has 0 unspecified atom stereocenters.